The molecule has 134 valence electrons. The van der Waals surface area contributed by atoms with Crippen molar-refractivity contribution in [3.8, 4) is 0 Å². The molecule has 0 saturated carbocycles. The Morgan fingerprint density at radius 1 is 1.15 bits per heavy atom. The summed E-state index contributed by atoms with van der Waals surface area (Å²) < 4.78 is 0. The second-order valence-corrected chi connectivity index (χ2v) is 6.96. The molecule has 3 rings (SSSR count). The lowest BCUT2D eigenvalue weighted by Gasteiger charge is -2.19. The van der Waals surface area contributed by atoms with Crippen LogP contribution >= 0.6 is 0 Å². The Hall–Kier alpha value is -2.99. The lowest BCUT2D eigenvalue weighted by molar-refractivity contribution is -0.384. The minimum Gasteiger partial charge on any atom is -0.389 e. The molecule has 0 aliphatic heterocycles. The molecule has 6 heteroatoms. The van der Waals surface area contributed by atoms with Gasteiger partial charge in [-0.3, -0.25) is 10.1 Å². The van der Waals surface area contributed by atoms with E-state index in [9.17, 15) is 15.2 Å². The van der Waals surface area contributed by atoms with E-state index in [1.54, 1.807) is 13.8 Å². The van der Waals surface area contributed by atoms with Crippen LogP contribution in [0.25, 0.3) is 10.9 Å². The summed E-state index contributed by atoms with van der Waals surface area (Å²) in [5, 5.41) is 25.1. The van der Waals surface area contributed by atoms with E-state index >= 15 is 0 Å². The van der Waals surface area contributed by atoms with Gasteiger partial charge in [-0.25, -0.2) is 4.98 Å². The van der Waals surface area contributed by atoms with Crippen LogP contribution in [-0.4, -0.2) is 27.2 Å². The summed E-state index contributed by atoms with van der Waals surface area (Å²) >= 11 is 0. The van der Waals surface area contributed by atoms with Gasteiger partial charge in [-0.2, -0.15) is 0 Å². The number of nitrogens with zero attached hydrogens (tertiary/aromatic N) is 2. The van der Waals surface area contributed by atoms with Crippen LogP contribution in [0.1, 0.15) is 25.0 Å². The van der Waals surface area contributed by atoms with Gasteiger partial charge in [0.1, 0.15) is 11.9 Å². The first-order valence-corrected chi connectivity index (χ1v) is 8.40. The largest absolute Gasteiger partial charge is 0.389 e. The van der Waals surface area contributed by atoms with E-state index in [1.807, 2.05) is 48.5 Å². The molecule has 0 fully saturated rings. The Kier molecular flexibility index (Phi) is 4.86. The third-order valence-corrected chi connectivity index (χ3v) is 4.06. The standard InChI is InChI=1S/C20H21N3O3/c1-20(2,24)13-22-19-16-11-15(10-14-6-4-3-5-7-14)8-9-17(16)21-12-18(19)23(25)26/h3-9,11-12,24H,10,13H2,1-2H3,(H,21,22). The number of nitrogens with one attached hydrogen (secondary N) is 1. The summed E-state index contributed by atoms with van der Waals surface area (Å²) in [5.41, 5.74) is 2.17. The fourth-order valence-electron chi connectivity index (χ4n) is 2.80. The summed E-state index contributed by atoms with van der Waals surface area (Å²) in [6.07, 6.45) is 1.98. The maximum Gasteiger partial charge on any atom is 0.311 e. The molecule has 1 heterocycles. The molecule has 0 spiro atoms. The van der Waals surface area contributed by atoms with E-state index in [1.165, 1.54) is 6.20 Å². The number of anilines is 1. The van der Waals surface area contributed by atoms with Gasteiger partial charge in [0.2, 0.25) is 0 Å². The number of pyridine rings is 1. The summed E-state index contributed by atoms with van der Waals surface area (Å²) in [6.45, 7) is 3.49. The fraction of sp³-hybridized carbons (Fsp3) is 0.250. The predicted molar refractivity (Wildman–Crippen MR) is 102 cm³/mol. The Balaban J connectivity index is 2.05. The SMILES string of the molecule is CC(C)(O)CNc1c([N+](=O)[O-])cnc2ccc(Cc3ccccc3)cc12. The van der Waals surface area contributed by atoms with Gasteiger partial charge in [0.25, 0.3) is 0 Å². The highest BCUT2D eigenvalue weighted by Crippen LogP contribution is 2.33. The number of fused-ring (bicyclic) bond motifs is 1. The highest BCUT2D eigenvalue weighted by Gasteiger charge is 2.21. The van der Waals surface area contributed by atoms with E-state index in [0.29, 0.717) is 16.6 Å². The van der Waals surface area contributed by atoms with Crippen LogP contribution in [0.15, 0.2) is 54.7 Å². The maximum atomic E-state index is 11.4. The Bertz CT molecular complexity index is 934. The topological polar surface area (TPSA) is 88.3 Å². The van der Waals surface area contributed by atoms with E-state index in [4.69, 9.17) is 0 Å². The molecular formula is C20H21N3O3. The minimum absolute atomic E-state index is 0.0985. The van der Waals surface area contributed by atoms with Gasteiger partial charge in [-0.1, -0.05) is 36.4 Å². The number of hydrogen-bond acceptors (Lipinski definition) is 5. The lowest BCUT2D eigenvalue weighted by atomic mass is 10.0. The highest BCUT2D eigenvalue weighted by atomic mass is 16.6. The number of nitro groups is 1. The van der Waals surface area contributed by atoms with Crippen molar-refractivity contribution in [2.75, 3.05) is 11.9 Å². The molecular weight excluding hydrogens is 330 g/mol. The first kappa shape index (κ1) is 17.8. The van der Waals surface area contributed by atoms with E-state index in [-0.39, 0.29) is 12.2 Å². The molecule has 0 radical (unpaired) electrons. The van der Waals surface area contributed by atoms with Crippen molar-refractivity contribution in [3.63, 3.8) is 0 Å². The van der Waals surface area contributed by atoms with Crippen molar-refractivity contribution in [2.45, 2.75) is 25.9 Å². The van der Waals surface area contributed by atoms with E-state index in [0.717, 1.165) is 17.5 Å². The number of benzene rings is 2. The monoisotopic (exact) mass is 351 g/mol. The molecule has 0 saturated heterocycles. The number of hydrogen-bond donors (Lipinski definition) is 2. The zero-order valence-corrected chi connectivity index (χ0v) is 14.8. The summed E-state index contributed by atoms with van der Waals surface area (Å²) in [5.74, 6) is 0. The molecule has 1 aromatic heterocycles. The molecule has 2 aromatic carbocycles. The third kappa shape index (κ3) is 4.15. The van der Waals surface area contributed by atoms with Crippen LogP contribution in [0.3, 0.4) is 0 Å². The second kappa shape index (κ2) is 7.09. The van der Waals surface area contributed by atoms with Crippen LogP contribution in [0.2, 0.25) is 0 Å². The van der Waals surface area contributed by atoms with E-state index in [2.05, 4.69) is 10.3 Å². The van der Waals surface area contributed by atoms with Crippen LogP contribution in [-0.2, 0) is 6.42 Å². The first-order valence-electron chi connectivity index (χ1n) is 8.40. The molecule has 6 nitrogen and oxygen atoms in total. The van der Waals surface area contributed by atoms with Gasteiger partial charge < -0.3 is 10.4 Å². The van der Waals surface area contributed by atoms with Gasteiger partial charge in [0.05, 0.1) is 16.0 Å². The lowest BCUT2D eigenvalue weighted by Crippen LogP contribution is -2.29. The van der Waals surface area contributed by atoms with Crippen molar-refractivity contribution >= 4 is 22.3 Å². The molecule has 0 atom stereocenters. The van der Waals surface area contributed by atoms with Crippen molar-refractivity contribution in [2.24, 2.45) is 0 Å². The fourth-order valence-corrected chi connectivity index (χ4v) is 2.80. The molecule has 0 aliphatic carbocycles. The molecule has 3 aromatic rings. The summed E-state index contributed by atoms with van der Waals surface area (Å²) in [6, 6.07) is 15.8. The molecule has 2 N–H and O–H groups in total. The summed E-state index contributed by atoms with van der Waals surface area (Å²) in [4.78, 5) is 15.2. The van der Waals surface area contributed by atoms with Gasteiger partial charge in [-0.15, -0.1) is 0 Å². The van der Waals surface area contributed by atoms with Crippen molar-refractivity contribution in [1.29, 1.82) is 0 Å². The van der Waals surface area contributed by atoms with Crippen molar-refractivity contribution in [3.05, 3.63) is 76.0 Å². The van der Waals surface area contributed by atoms with E-state index < -0.39 is 10.5 Å². The van der Waals surface area contributed by atoms with Gasteiger partial charge in [0, 0.05) is 11.9 Å². The number of rotatable bonds is 6. The highest BCUT2D eigenvalue weighted by molar-refractivity contribution is 5.96. The van der Waals surface area contributed by atoms with Crippen molar-refractivity contribution in [1.82, 2.24) is 4.98 Å². The van der Waals surface area contributed by atoms with Crippen LogP contribution in [0.5, 0.6) is 0 Å². The first-order chi connectivity index (χ1) is 12.3. The number of aromatic nitrogens is 1. The quantitative estimate of drug-likeness (QED) is 0.519. The third-order valence-electron chi connectivity index (χ3n) is 4.06. The number of aliphatic hydroxyl groups is 1. The van der Waals surface area contributed by atoms with Crippen LogP contribution < -0.4 is 5.32 Å². The Labute approximate surface area is 151 Å². The molecule has 0 amide bonds. The average Bonchev–Trinajstić information content (AvgIpc) is 2.59. The predicted octanol–water partition coefficient (Wildman–Crippen LogP) is 3.92. The molecule has 0 aliphatic rings. The van der Waals surface area contributed by atoms with Crippen LogP contribution in [0.4, 0.5) is 11.4 Å². The smallest absolute Gasteiger partial charge is 0.311 e. The molecule has 0 unspecified atom stereocenters. The van der Waals surface area contributed by atoms with Gasteiger partial charge in [0.15, 0.2) is 0 Å². The normalized spacial score (nSPS) is 11.5. The Morgan fingerprint density at radius 3 is 2.54 bits per heavy atom. The van der Waals surface area contributed by atoms with Crippen molar-refractivity contribution < 1.29 is 10.0 Å². The van der Waals surface area contributed by atoms with Crippen LogP contribution in [0, 0.1) is 10.1 Å². The second-order valence-electron chi connectivity index (χ2n) is 6.96. The Morgan fingerprint density at radius 2 is 1.88 bits per heavy atom. The van der Waals surface area contributed by atoms with Gasteiger partial charge in [-0.05, 0) is 43.5 Å². The molecule has 26 heavy (non-hydrogen) atoms. The maximum absolute atomic E-state index is 11.4. The zero-order valence-electron chi connectivity index (χ0n) is 14.8. The zero-order chi connectivity index (χ0) is 18.7. The minimum atomic E-state index is -0.995. The van der Waals surface area contributed by atoms with Gasteiger partial charge >= 0.3 is 5.69 Å². The molecule has 0 bridgehead atoms. The average molecular weight is 351 g/mol. The summed E-state index contributed by atoms with van der Waals surface area (Å²) in [7, 11) is 0.